The lowest BCUT2D eigenvalue weighted by Gasteiger charge is -2.17. The lowest BCUT2D eigenvalue weighted by atomic mass is 10.0. The quantitative estimate of drug-likeness (QED) is 0.838. The molecule has 0 aliphatic heterocycles. The van der Waals surface area contributed by atoms with Gasteiger partial charge >= 0.3 is 6.18 Å². The molecule has 0 spiro atoms. The number of pyridine rings is 1. The number of nitrogen functional groups attached to an aromatic ring is 1. The summed E-state index contributed by atoms with van der Waals surface area (Å²) in [4.78, 5) is 3.90. The van der Waals surface area contributed by atoms with Gasteiger partial charge in [-0.25, -0.2) is 4.98 Å². The minimum Gasteiger partial charge on any atom is -0.383 e. The van der Waals surface area contributed by atoms with Crippen LogP contribution in [0.4, 0.5) is 19.0 Å². The van der Waals surface area contributed by atoms with Crippen molar-refractivity contribution in [2.24, 2.45) is 0 Å². The van der Waals surface area contributed by atoms with Gasteiger partial charge in [-0.1, -0.05) is 6.07 Å². The second kappa shape index (κ2) is 5.86. The van der Waals surface area contributed by atoms with Crippen LogP contribution in [0.1, 0.15) is 18.4 Å². The van der Waals surface area contributed by atoms with Crippen molar-refractivity contribution in [1.29, 1.82) is 0 Å². The maximum Gasteiger partial charge on any atom is 0.389 e. The van der Waals surface area contributed by atoms with Gasteiger partial charge in [-0.05, 0) is 31.5 Å². The summed E-state index contributed by atoms with van der Waals surface area (Å²) in [6.45, 7) is 0. The van der Waals surface area contributed by atoms with Crippen LogP contribution in [0.5, 0.6) is 0 Å². The normalized spacial score (nSPS) is 13.6. The number of rotatable bonds is 5. The van der Waals surface area contributed by atoms with Crippen LogP contribution >= 0.6 is 0 Å². The highest BCUT2D eigenvalue weighted by molar-refractivity contribution is 5.38. The Morgan fingerprint density at radius 2 is 2.18 bits per heavy atom. The predicted octanol–water partition coefficient (Wildman–Crippen LogP) is 2.14. The van der Waals surface area contributed by atoms with E-state index in [9.17, 15) is 13.2 Å². The summed E-state index contributed by atoms with van der Waals surface area (Å²) in [5.74, 6) is 0.375. The second-order valence-corrected chi connectivity index (χ2v) is 3.89. The van der Waals surface area contributed by atoms with Crippen molar-refractivity contribution in [3.05, 3.63) is 23.9 Å². The van der Waals surface area contributed by atoms with Crippen LogP contribution in [0.25, 0.3) is 0 Å². The lowest BCUT2D eigenvalue weighted by molar-refractivity contribution is -0.136. The van der Waals surface area contributed by atoms with Gasteiger partial charge in [-0.3, -0.25) is 0 Å². The fraction of sp³-hybridized carbons (Fsp3) is 0.545. The van der Waals surface area contributed by atoms with E-state index in [-0.39, 0.29) is 12.5 Å². The summed E-state index contributed by atoms with van der Waals surface area (Å²) < 4.78 is 36.3. The maximum absolute atomic E-state index is 12.1. The number of nitrogens with two attached hydrogens (primary N) is 1. The van der Waals surface area contributed by atoms with E-state index in [1.54, 1.807) is 25.4 Å². The molecule has 0 aromatic carbocycles. The summed E-state index contributed by atoms with van der Waals surface area (Å²) in [5.41, 5.74) is 6.42. The summed E-state index contributed by atoms with van der Waals surface area (Å²) >= 11 is 0. The predicted molar refractivity (Wildman–Crippen MR) is 60.5 cm³/mol. The third-order valence-corrected chi connectivity index (χ3v) is 2.58. The van der Waals surface area contributed by atoms with Crippen LogP contribution < -0.4 is 11.1 Å². The van der Waals surface area contributed by atoms with Crippen molar-refractivity contribution in [2.45, 2.75) is 31.5 Å². The first kappa shape index (κ1) is 13.8. The van der Waals surface area contributed by atoms with Gasteiger partial charge in [0.1, 0.15) is 5.82 Å². The monoisotopic (exact) mass is 247 g/mol. The lowest BCUT2D eigenvalue weighted by Crippen LogP contribution is -2.29. The Morgan fingerprint density at radius 1 is 1.47 bits per heavy atom. The highest BCUT2D eigenvalue weighted by Gasteiger charge is 2.28. The Kier molecular flexibility index (Phi) is 4.74. The van der Waals surface area contributed by atoms with E-state index in [0.717, 1.165) is 5.56 Å². The molecule has 1 rings (SSSR count). The van der Waals surface area contributed by atoms with Crippen molar-refractivity contribution in [2.75, 3.05) is 12.8 Å². The molecular weight excluding hydrogens is 231 g/mol. The molecule has 17 heavy (non-hydrogen) atoms. The Balaban J connectivity index is 2.56. The Morgan fingerprint density at radius 3 is 2.71 bits per heavy atom. The van der Waals surface area contributed by atoms with Gasteiger partial charge in [-0.15, -0.1) is 0 Å². The molecule has 1 aromatic rings. The first-order valence-corrected chi connectivity index (χ1v) is 5.36. The molecular formula is C11H16F3N3. The van der Waals surface area contributed by atoms with Crippen molar-refractivity contribution in [3.63, 3.8) is 0 Å². The maximum atomic E-state index is 12.1. The van der Waals surface area contributed by atoms with Gasteiger partial charge in [0, 0.05) is 18.7 Å². The largest absolute Gasteiger partial charge is 0.389 e. The first-order chi connectivity index (χ1) is 7.92. The Hall–Kier alpha value is -1.30. The molecule has 1 atom stereocenters. The van der Waals surface area contributed by atoms with E-state index >= 15 is 0 Å². The number of nitrogens with one attached hydrogen (secondary N) is 1. The molecule has 0 saturated carbocycles. The van der Waals surface area contributed by atoms with Gasteiger partial charge in [-0.2, -0.15) is 13.2 Å². The van der Waals surface area contributed by atoms with Crippen LogP contribution in [0.2, 0.25) is 0 Å². The molecule has 96 valence electrons. The zero-order valence-electron chi connectivity index (χ0n) is 9.59. The van der Waals surface area contributed by atoms with Gasteiger partial charge in [0.25, 0.3) is 0 Å². The van der Waals surface area contributed by atoms with Crippen LogP contribution in [-0.2, 0) is 6.42 Å². The molecule has 0 amide bonds. The number of hydrogen-bond donors (Lipinski definition) is 2. The molecule has 0 aliphatic carbocycles. The first-order valence-electron chi connectivity index (χ1n) is 5.36. The zero-order valence-corrected chi connectivity index (χ0v) is 9.59. The SMILES string of the molecule is CNC(CCC(F)(F)F)Cc1cccnc1N. The summed E-state index contributed by atoms with van der Waals surface area (Å²) in [6, 6.07) is 3.26. The average molecular weight is 247 g/mol. The molecule has 0 fully saturated rings. The van der Waals surface area contributed by atoms with Crippen molar-refractivity contribution in [1.82, 2.24) is 10.3 Å². The van der Waals surface area contributed by atoms with Gasteiger partial charge in [0.05, 0.1) is 0 Å². The average Bonchev–Trinajstić information content (AvgIpc) is 2.25. The van der Waals surface area contributed by atoms with Gasteiger partial charge in [0.15, 0.2) is 0 Å². The van der Waals surface area contributed by atoms with E-state index in [1.165, 1.54) is 0 Å². The van der Waals surface area contributed by atoms with Crippen molar-refractivity contribution >= 4 is 5.82 Å². The highest BCUT2D eigenvalue weighted by Crippen LogP contribution is 2.23. The summed E-state index contributed by atoms with van der Waals surface area (Å²) in [5, 5.41) is 2.87. The standard InChI is InChI=1S/C11H16F3N3/c1-16-9(4-5-11(12,13)14)7-8-3-2-6-17-10(8)15/h2-3,6,9,16H,4-5,7H2,1H3,(H2,15,17). The molecule has 0 radical (unpaired) electrons. The van der Waals surface area contributed by atoms with Crippen LogP contribution in [-0.4, -0.2) is 24.2 Å². The fourth-order valence-corrected chi connectivity index (χ4v) is 1.58. The zero-order chi connectivity index (χ0) is 12.9. The van der Waals surface area contributed by atoms with Crippen LogP contribution in [0, 0.1) is 0 Å². The molecule has 0 aliphatic rings. The molecule has 1 unspecified atom stereocenters. The molecule has 1 aromatic heterocycles. The number of hydrogen-bond acceptors (Lipinski definition) is 3. The number of aromatic nitrogens is 1. The molecule has 0 saturated heterocycles. The van der Waals surface area contributed by atoms with E-state index in [0.29, 0.717) is 12.2 Å². The van der Waals surface area contributed by atoms with Gasteiger partial charge in [0.2, 0.25) is 0 Å². The van der Waals surface area contributed by atoms with E-state index in [2.05, 4.69) is 10.3 Å². The van der Waals surface area contributed by atoms with Crippen molar-refractivity contribution < 1.29 is 13.2 Å². The Labute approximate surface area is 98.2 Å². The molecule has 3 N–H and O–H groups in total. The molecule has 3 nitrogen and oxygen atoms in total. The van der Waals surface area contributed by atoms with E-state index < -0.39 is 12.6 Å². The van der Waals surface area contributed by atoms with E-state index in [1.807, 2.05) is 0 Å². The summed E-state index contributed by atoms with van der Waals surface area (Å²) in [7, 11) is 1.65. The van der Waals surface area contributed by atoms with E-state index in [4.69, 9.17) is 5.73 Å². The minimum atomic E-state index is -4.12. The summed E-state index contributed by atoms with van der Waals surface area (Å²) in [6.07, 6.45) is -2.86. The molecule has 0 bridgehead atoms. The second-order valence-electron chi connectivity index (χ2n) is 3.89. The molecule has 1 heterocycles. The number of likely N-dealkylation sites (N-methyl/N-ethyl adjacent to an activating group) is 1. The fourth-order valence-electron chi connectivity index (χ4n) is 1.58. The third kappa shape index (κ3) is 5.04. The smallest absolute Gasteiger partial charge is 0.383 e. The number of halogens is 3. The third-order valence-electron chi connectivity index (χ3n) is 2.58. The van der Waals surface area contributed by atoms with Crippen LogP contribution in [0.15, 0.2) is 18.3 Å². The number of nitrogens with zero attached hydrogens (tertiary/aromatic N) is 1. The topological polar surface area (TPSA) is 50.9 Å². The molecule has 6 heteroatoms. The van der Waals surface area contributed by atoms with Crippen LogP contribution in [0.3, 0.4) is 0 Å². The number of anilines is 1. The number of alkyl halides is 3. The Bertz CT molecular complexity index is 352. The van der Waals surface area contributed by atoms with Gasteiger partial charge < -0.3 is 11.1 Å². The van der Waals surface area contributed by atoms with Crippen molar-refractivity contribution in [3.8, 4) is 0 Å². The highest BCUT2D eigenvalue weighted by atomic mass is 19.4. The minimum absolute atomic E-state index is 0.0360.